The molecule has 8 nitrogen and oxygen atoms in total. The Balaban J connectivity index is 2.45. The van der Waals surface area contributed by atoms with Gasteiger partial charge in [-0.3, -0.25) is 4.72 Å². The van der Waals surface area contributed by atoms with Gasteiger partial charge < -0.3 is 14.6 Å². The van der Waals surface area contributed by atoms with Gasteiger partial charge in [0.15, 0.2) is 5.82 Å². The number of ether oxygens (including phenoxy) is 2. The highest BCUT2D eigenvalue weighted by molar-refractivity contribution is 7.93. The highest BCUT2D eigenvalue weighted by Gasteiger charge is 2.21. The molecule has 0 fully saturated rings. The number of hydrogen-bond donors (Lipinski definition) is 2. The Labute approximate surface area is 144 Å². The lowest BCUT2D eigenvalue weighted by atomic mass is 10.1. The lowest BCUT2D eigenvalue weighted by Crippen LogP contribution is -2.16. The third-order valence-corrected chi connectivity index (χ3v) is 4.70. The van der Waals surface area contributed by atoms with Crippen molar-refractivity contribution >= 4 is 27.3 Å². The number of hydrogen-bond acceptors (Lipinski definition) is 7. The van der Waals surface area contributed by atoms with Crippen LogP contribution in [0.25, 0.3) is 0 Å². The van der Waals surface area contributed by atoms with E-state index in [1.165, 1.54) is 26.4 Å². The van der Waals surface area contributed by atoms with E-state index < -0.39 is 21.3 Å². The van der Waals surface area contributed by atoms with Gasteiger partial charge in [0.2, 0.25) is 21.8 Å². The second kappa shape index (κ2) is 7.65. The first-order chi connectivity index (χ1) is 11.4. The van der Waals surface area contributed by atoms with Crippen molar-refractivity contribution in [2.75, 3.05) is 24.2 Å². The molecule has 2 rings (SSSR count). The molecule has 24 heavy (non-hydrogen) atoms. The van der Waals surface area contributed by atoms with Gasteiger partial charge in [0.05, 0.1) is 26.0 Å². The summed E-state index contributed by atoms with van der Waals surface area (Å²) in [6.07, 6.45) is -1.30. The molecule has 0 saturated carbocycles. The minimum atomic E-state index is -3.72. The normalized spacial score (nSPS) is 12.5. The Bertz CT molecular complexity index is 794. The molecule has 1 unspecified atom stereocenters. The van der Waals surface area contributed by atoms with Crippen molar-refractivity contribution in [2.45, 2.75) is 6.10 Å². The second-order valence-corrected chi connectivity index (χ2v) is 6.93. The van der Waals surface area contributed by atoms with Crippen LogP contribution in [0.15, 0.2) is 30.3 Å². The van der Waals surface area contributed by atoms with Crippen LogP contribution in [0.4, 0.5) is 5.69 Å². The van der Waals surface area contributed by atoms with E-state index in [9.17, 15) is 13.5 Å². The number of nitrogens with one attached hydrogen (secondary N) is 1. The number of sulfonamides is 1. The van der Waals surface area contributed by atoms with Gasteiger partial charge in [-0.05, 0) is 6.07 Å². The average Bonchev–Trinajstić information content (AvgIpc) is 2.60. The van der Waals surface area contributed by atoms with Gasteiger partial charge in [-0.1, -0.05) is 18.2 Å². The Morgan fingerprint density at radius 1 is 1.21 bits per heavy atom. The van der Waals surface area contributed by atoms with E-state index in [0.29, 0.717) is 0 Å². The summed E-state index contributed by atoms with van der Waals surface area (Å²) in [4.78, 5) is 8.13. The molecule has 1 atom stereocenters. The van der Waals surface area contributed by atoms with E-state index in [2.05, 4.69) is 14.7 Å². The number of benzene rings is 1. The van der Waals surface area contributed by atoms with E-state index >= 15 is 0 Å². The van der Waals surface area contributed by atoms with Crippen molar-refractivity contribution in [1.82, 2.24) is 9.97 Å². The van der Waals surface area contributed by atoms with Crippen molar-refractivity contribution in [3.05, 3.63) is 41.7 Å². The Morgan fingerprint density at radius 2 is 1.79 bits per heavy atom. The molecule has 130 valence electrons. The van der Waals surface area contributed by atoms with E-state index in [1.807, 2.05) is 0 Å². The van der Waals surface area contributed by atoms with E-state index in [0.717, 1.165) is 0 Å². The van der Waals surface area contributed by atoms with Crippen LogP contribution >= 0.6 is 11.6 Å². The van der Waals surface area contributed by atoms with Gasteiger partial charge in [-0.15, -0.1) is 11.6 Å². The van der Waals surface area contributed by atoms with Gasteiger partial charge in [0.1, 0.15) is 11.3 Å². The fourth-order valence-electron chi connectivity index (χ4n) is 1.91. The predicted molar refractivity (Wildman–Crippen MR) is 88.9 cm³/mol. The van der Waals surface area contributed by atoms with Crippen LogP contribution in [0.3, 0.4) is 0 Å². The largest absolute Gasteiger partial charge is 0.481 e. The first-order valence-corrected chi connectivity index (χ1v) is 8.89. The summed E-state index contributed by atoms with van der Waals surface area (Å²) in [5.41, 5.74) is 0.442. The molecular formula is C14H16ClN3O5S. The minimum Gasteiger partial charge on any atom is -0.481 e. The maximum absolute atomic E-state index is 11.7. The first kappa shape index (κ1) is 18.2. The predicted octanol–water partition coefficient (Wildman–Crippen LogP) is 1.51. The fraction of sp³-hybridized carbons (Fsp3) is 0.286. The van der Waals surface area contributed by atoms with Crippen molar-refractivity contribution in [1.29, 1.82) is 0 Å². The molecule has 10 heteroatoms. The first-order valence-electron chi connectivity index (χ1n) is 6.70. The van der Waals surface area contributed by atoms with E-state index in [1.54, 1.807) is 18.2 Å². The van der Waals surface area contributed by atoms with E-state index in [-0.39, 0.29) is 28.8 Å². The van der Waals surface area contributed by atoms with Crippen LogP contribution in [0.5, 0.6) is 11.8 Å². The minimum absolute atomic E-state index is 0.00345. The fourth-order valence-corrected chi connectivity index (χ4v) is 2.65. The van der Waals surface area contributed by atoms with Gasteiger partial charge in [0, 0.05) is 5.56 Å². The number of alkyl halides is 1. The van der Waals surface area contributed by atoms with Crippen LogP contribution in [-0.2, 0) is 10.0 Å². The summed E-state index contributed by atoms with van der Waals surface area (Å²) in [5.74, 6) is 0.410. The smallest absolute Gasteiger partial charge is 0.246 e. The maximum atomic E-state index is 11.7. The van der Waals surface area contributed by atoms with Gasteiger partial charge in [-0.2, -0.15) is 9.97 Å². The molecule has 1 heterocycles. The summed E-state index contributed by atoms with van der Waals surface area (Å²) >= 11 is 5.40. The number of para-hydroxylation sites is 1. The summed E-state index contributed by atoms with van der Waals surface area (Å²) in [6.45, 7) is 0. The highest BCUT2D eigenvalue weighted by Crippen LogP contribution is 2.29. The Hall–Kier alpha value is -2.10. The average molecular weight is 374 g/mol. The zero-order valence-electron chi connectivity index (χ0n) is 12.9. The lowest BCUT2D eigenvalue weighted by Gasteiger charge is -2.16. The zero-order valence-corrected chi connectivity index (χ0v) is 14.5. The van der Waals surface area contributed by atoms with Crippen LogP contribution in [0, 0.1) is 0 Å². The second-order valence-electron chi connectivity index (χ2n) is 4.63. The van der Waals surface area contributed by atoms with Crippen LogP contribution in [0.1, 0.15) is 17.5 Å². The molecule has 0 radical (unpaired) electrons. The molecule has 1 aromatic heterocycles. The number of aliphatic hydroxyl groups is 1. The van der Waals surface area contributed by atoms with Crippen LogP contribution < -0.4 is 14.2 Å². The van der Waals surface area contributed by atoms with Gasteiger partial charge in [-0.25, -0.2) is 8.42 Å². The summed E-state index contributed by atoms with van der Waals surface area (Å²) in [7, 11) is -0.888. The third kappa shape index (κ3) is 4.25. The number of methoxy groups -OCH3 is 2. The van der Waals surface area contributed by atoms with Crippen molar-refractivity contribution in [3.63, 3.8) is 0 Å². The molecule has 0 aliphatic rings. The molecule has 2 aromatic rings. The molecule has 0 amide bonds. The van der Waals surface area contributed by atoms with Crippen LogP contribution in [-0.4, -0.2) is 42.9 Å². The van der Waals surface area contributed by atoms with Crippen molar-refractivity contribution < 1.29 is 23.0 Å². The topological polar surface area (TPSA) is 111 Å². The monoisotopic (exact) mass is 373 g/mol. The number of nitrogens with zero attached hydrogens (tertiary/aromatic N) is 2. The van der Waals surface area contributed by atoms with Crippen LogP contribution in [0.2, 0.25) is 0 Å². The molecular weight excluding hydrogens is 358 g/mol. The number of halogens is 1. The summed E-state index contributed by atoms with van der Waals surface area (Å²) in [6, 6.07) is 7.77. The number of anilines is 1. The zero-order chi connectivity index (χ0) is 17.7. The number of rotatable bonds is 7. The molecule has 0 aliphatic heterocycles. The molecule has 0 bridgehead atoms. The number of aliphatic hydroxyl groups excluding tert-OH is 1. The number of aromatic nitrogens is 2. The highest BCUT2D eigenvalue weighted by atomic mass is 35.5. The molecule has 2 N–H and O–H groups in total. The van der Waals surface area contributed by atoms with Crippen molar-refractivity contribution in [3.8, 4) is 11.8 Å². The molecule has 1 aromatic carbocycles. The third-order valence-electron chi connectivity index (χ3n) is 3.02. The lowest BCUT2D eigenvalue weighted by molar-refractivity contribution is 0.206. The maximum Gasteiger partial charge on any atom is 0.246 e. The molecule has 0 saturated heterocycles. The van der Waals surface area contributed by atoms with E-state index in [4.69, 9.17) is 21.1 Å². The quantitative estimate of drug-likeness (QED) is 0.707. The summed E-state index contributed by atoms with van der Waals surface area (Å²) in [5, 5.41) is 9.97. The SMILES string of the molecule is COc1cc(OC)nc(C(O)c2ccccc2NS(=O)(=O)CCl)n1. The Morgan fingerprint density at radius 3 is 2.33 bits per heavy atom. The van der Waals surface area contributed by atoms with Gasteiger partial charge in [0.25, 0.3) is 0 Å². The Kier molecular flexibility index (Phi) is 5.81. The van der Waals surface area contributed by atoms with Crippen molar-refractivity contribution in [2.24, 2.45) is 0 Å². The standard InChI is InChI=1S/C14H16ClN3O5S/c1-22-11-7-12(23-2)17-14(16-11)13(19)9-5-3-4-6-10(9)18-24(20,21)8-15/h3-7,13,18-19H,8H2,1-2H3. The molecule has 0 spiro atoms. The summed E-state index contributed by atoms with van der Waals surface area (Å²) < 4.78 is 35.8. The van der Waals surface area contributed by atoms with Gasteiger partial charge >= 0.3 is 0 Å². The molecule has 0 aliphatic carbocycles.